The van der Waals surface area contributed by atoms with Crippen molar-refractivity contribution in [1.29, 1.82) is 0 Å². The number of benzene rings is 2. The van der Waals surface area contributed by atoms with E-state index in [9.17, 15) is 9.59 Å². The molecule has 3 aromatic rings. The maximum atomic E-state index is 12.6. The quantitative estimate of drug-likeness (QED) is 0.589. The molecule has 0 saturated heterocycles. The van der Waals surface area contributed by atoms with Crippen LogP contribution in [0, 0.1) is 0 Å². The summed E-state index contributed by atoms with van der Waals surface area (Å²) in [6, 6.07) is 19.3. The molecule has 5 heteroatoms. The summed E-state index contributed by atoms with van der Waals surface area (Å²) < 4.78 is 5.27. The van der Waals surface area contributed by atoms with Gasteiger partial charge in [-0.05, 0) is 31.0 Å². The first-order valence-corrected chi connectivity index (χ1v) is 9.36. The summed E-state index contributed by atoms with van der Waals surface area (Å²) >= 11 is 0. The van der Waals surface area contributed by atoms with Crippen LogP contribution in [0.4, 0.5) is 0 Å². The van der Waals surface area contributed by atoms with Crippen molar-refractivity contribution in [2.75, 3.05) is 6.61 Å². The first-order valence-electron chi connectivity index (χ1n) is 9.36. The van der Waals surface area contributed by atoms with Crippen LogP contribution in [0.2, 0.25) is 0 Å². The average molecular weight is 376 g/mol. The number of carbonyl (C=O) groups is 2. The van der Waals surface area contributed by atoms with Crippen LogP contribution in [0.3, 0.4) is 0 Å². The largest absolute Gasteiger partial charge is 0.455 e. The Hall–Kier alpha value is -3.21. The van der Waals surface area contributed by atoms with Gasteiger partial charge in [0.25, 0.3) is 5.91 Å². The molecule has 28 heavy (non-hydrogen) atoms. The van der Waals surface area contributed by atoms with E-state index in [1.165, 1.54) is 0 Å². The number of carbonyl (C=O) groups excluding carboxylic acids is 2. The van der Waals surface area contributed by atoms with Crippen molar-refractivity contribution in [2.24, 2.45) is 0 Å². The third kappa shape index (κ3) is 4.94. The van der Waals surface area contributed by atoms with E-state index in [-0.39, 0.29) is 25.0 Å². The maximum absolute atomic E-state index is 12.6. The summed E-state index contributed by atoms with van der Waals surface area (Å²) in [5.41, 5.74) is 2.61. The molecule has 0 unspecified atom stereocenters. The van der Waals surface area contributed by atoms with Gasteiger partial charge in [0.1, 0.15) is 0 Å². The van der Waals surface area contributed by atoms with E-state index >= 15 is 0 Å². The number of nitrogens with zero attached hydrogens (tertiary/aromatic N) is 2. The summed E-state index contributed by atoms with van der Waals surface area (Å²) in [6.45, 7) is 4.12. The highest BCUT2D eigenvalue weighted by Gasteiger charge is 2.19. The number of fused-ring (bicyclic) bond motifs is 1. The summed E-state index contributed by atoms with van der Waals surface area (Å²) in [4.78, 5) is 30.9. The molecular formula is C23H24N2O3. The molecule has 144 valence electrons. The van der Waals surface area contributed by atoms with Gasteiger partial charge >= 0.3 is 5.97 Å². The van der Waals surface area contributed by atoms with Gasteiger partial charge in [-0.25, -0.2) is 0 Å². The molecule has 1 aromatic heterocycles. The Kier molecular flexibility index (Phi) is 6.37. The lowest BCUT2D eigenvalue weighted by Gasteiger charge is -2.26. The van der Waals surface area contributed by atoms with E-state index < -0.39 is 5.97 Å². The normalized spacial score (nSPS) is 10.8. The molecule has 0 fully saturated rings. The van der Waals surface area contributed by atoms with Crippen LogP contribution >= 0.6 is 0 Å². The van der Waals surface area contributed by atoms with Gasteiger partial charge < -0.3 is 9.64 Å². The van der Waals surface area contributed by atoms with Gasteiger partial charge in [0.05, 0.1) is 11.9 Å². The SMILES string of the molecule is CC(C)N(Cc1ccccc1)C(=O)COC(=O)Cc1cccc2cccnc12. The maximum Gasteiger partial charge on any atom is 0.310 e. The van der Waals surface area contributed by atoms with Crippen molar-refractivity contribution < 1.29 is 14.3 Å². The number of hydrogen-bond acceptors (Lipinski definition) is 4. The van der Waals surface area contributed by atoms with Crippen LogP contribution in [0.5, 0.6) is 0 Å². The van der Waals surface area contributed by atoms with Gasteiger partial charge in [-0.3, -0.25) is 14.6 Å². The smallest absolute Gasteiger partial charge is 0.310 e. The molecule has 0 atom stereocenters. The van der Waals surface area contributed by atoms with Gasteiger partial charge in [-0.1, -0.05) is 54.6 Å². The highest BCUT2D eigenvalue weighted by atomic mass is 16.5. The summed E-state index contributed by atoms with van der Waals surface area (Å²) in [5, 5.41) is 0.970. The zero-order valence-electron chi connectivity index (χ0n) is 16.2. The van der Waals surface area contributed by atoms with Gasteiger partial charge in [0, 0.05) is 24.2 Å². The molecule has 1 amide bonds. The Morgan fingerprint density at radius 3 is 2.50 bits per heavy atom. The number of aromatic nitrogens is 1. The molecule has 0 spiro atoms. The Labute approximate surface area is 165 Å². The lowest BCUT2D eigenvalue weighted by molar-refractivity contribution is -0.152. The Morgan fingerprint density at radius 1 is 1.00 bits per heavy atom. The van der Waals surface area contributed by atoms with Crippen molar-refractivity contribution in [1.82, 2.24) is 9.88 Å². The lowest BCUT2D eigenvalue weighted by Crippen LogP contribution is -2.39. The number of amides is 1. The van der Waals surface area contributed by atoms with Crippen LogP contribution in [0.15, 0.2) is 66.9 Å². The molecule has 1 heterocycles. The second-order valence-corrected chi connectivity index (χ2v) is 6.93. The fraction of sp³-hybridized carbons (Fsp3) is 0.261. The van der Waals surface area contributed by atoms with Crippen molar-refractivity contribution >= 4 is 22.8 Å². The lowest BCUT2D eigenvalue weighted by atomic mass is 10.1. The van der Waals surface area contributed by atoms with Gasteiger partial charge in [0.15, 0.2) is 6.61 Å². The first kappa shape index (κ1) is 19.5. The molecule has 0 bridgehead atoms. The predicted octanol–water partition coefficient (Wildman–Crippen LogP) is 3.76. The van der Waals surface area contributed by atoms with Gasteiger partial charge in [0.2, 0.25) is 0 Å². The fourth-order valence-electron chi connectivity index (χ4n) is 3.08. The molecule has 0 aliphatic carbocycles. The van der Waals surface area contributed by atoms with E-state index in [0.29, 0.717) is 6.54 Å². The summed E-state index contributed by atoms with van der Waals surface area (Å²) in [6.07, 6.45) is 1.78. The van der Waals surface area contributed by atoms with E-state index in [4.69, 9.17) is 4.74 Å². The number of ether oxygens (including phenoxy) is 1. The highest BCUT2D eigenvalue weighted by Crippen LogP contribution is 2.17. The average Bonchev–Trinajstić information content (AvgIpc) is 2.71. The topological polar surface area (TPSA) is 59.5 Å². The number of esters is 1. The Bertz CT molecular complexity index is 949. The van der Waals surface area contributed by atoms with Crippen LogP contribution in [0.1, 0.15) is 25.0 Å². The molecule has 0 N–H and O–H groups in total. The minimum Gasteiger partial charge on any atom is -0.455 e. The zero-order chi connectivity index (χ0) is 19.9. The number of hydrogen-bond donors (Lipinski definition) is 0. The molecule has 0 radical (unpaired) electrons. The van der Waals surface area contributed by atoms with Crippen molar-refractivity contribution in [3.63, 3.8) is 0 Å². The molecular weight excluding hydrogens is 352 g/mol. The van der Waals surface area contributed by atoms with Crippen LogP contribution in [0.25, 0.3) is 10.9 Å². The minimum absolute atomic E-state index is 0.00803. The van der Waals surface area contributed by atoms with E-state index in [1.807, 2.05) is 74.5 Å². The highest BCUT2D eigenvalue weighted by molar-refractivity contribution is 5.87. The van der Waals surface area contributed by atoms with E-state index in [2.05, 4.69) is 4.98 Å². The Morgan fingerprint density at radius 2 is 1.75 bits per heavy atom. The van der Waals surface area contributed by atoms with Crippen molar-refractivity contribution in [3.8, 4) is 0 Å². The second kappa shape index (κ2) is 9.13. The Balaban J connectivity index is 1.60. The summed E-state index contributed by atoms with van der Waals surface area (Å²) in [5.74, 6) is -0.641. The van der Waals surface area contributed by atoms with Crippen LogP contribution in [-0.4, -0.2) is 34.4 Å². The first-order chi connectivity index (χ1) is 13.5. The number of rotatable bonds is 7. The molecule has 5 nitrogen and oxygen atoms in total. The minimum atomic E-state index is -0.435. The van der Waals surface area contributed by atoms with Crippen molar-refractivity contribution in [2.45, 2.75) is 32.9 Å². The number of para-hydroxylation sites is 1. The fourth-order valence-corrected chi connectivity index (χ4v) is 3.08. The molecule has 3 rings (SSSR count). The third-order valence-corrected chi connectivity index (χ3v) is 4.55. The van der Waals surface area contributed by atoms with Gasteiger partial charge in [-0.15, -0.1) is 0 Å². The zero-order valence-corrected chi connectivity index (χ0v) is 16.2. The molecule has 0 aliphatic rings. The van der Waals surface area contributed by atoms with Crippen molar-refractivity contribution in [3.05, 3.63) is 78.0 Å². The second-order valence-electron chi connectivity index (χ2n) is 6.93. The monoisotopic (exact) mass is 376 g/mol. The van der Waals surface area contributed by atoms with Gasteiger partial charge in [-0.2, -0.15) is 0 Å². The van der Waals surface area contributed by atoms with E-state index in [0.717, 1.165) is 22.0 Å². The predicted molar refractivity (Wildman–Crippen MR) is 109 cm³/mol. The number of pyridine rings is 1. The van der Waals surface area contributed by atoms with E-state index in [1.54, 1.807) is 11.1 Å². The summed E-state index contributed by atoms with van der Waals surface area (Å²) in [7, 11) is 0. The third-order valence-electron chi connectivity index (χ3n) is 4.55. The standard InChI is InChI=1S/C23H24N2O3/c1-17(2)25(15-18-8-4-3-5-9-18)21(26)16-28-22(27)14-20-11-6-10-19-12-7-13-24-23(19)20/h3-13,17H,14-16H2,1-2H3. The molecule has 2 aromatic carbocycles. The molecule has 0 aliphatic heterocycles. The van der Waals surface area contributed by atoms with Crippen LogP contribution < -0.4 is 0 Å². The van der Waals surface area contributed by atoms with Crippen LogP contribution in [-0.2, 0) is 27.3 Å². The molecule has 0 saturated carbocycles.